The summed E-state index contributed by atoms with van der Waals surface area (Å²) in [6.07, 6.45) is 0.555. The number of carboxylic acid groups (broad SMARTS) is 1. The maximum absolute atomic E-state index is 10.4. The Hall–Kier alpha value is -1.26. The second-order valence-corrected chi connectivity index (χ2v) is 4.55. The van der Waals surface area contributed by atoms with Crippen LogP contribution in [0.1, 0.15) is 24.3 Å². The highest BCUT2D eigenvalue weighted by Crippen LogP contribution is 2.28. The molecule has 1 heterocycles. The van der Waals surface area contributed by atoms with Crippen LogP contribution >= 0.6 is 11.6 Å². The molecule has 1 saturated heterocycles. The van der Waals surface area contributed by atoms with Crippen LogP contribution in [0.25, 0.3) is 0 Å². The number of rotatable bonds is 2. The van der Waals surface area contributed by atoms with Crippen molar-refractivity contribution in [3.05, 3.63) is 34.9 Å². The molecule has 0 radical (unpaired) electrons. The molecule has 0 spiro atoms. The average molecular weight is 256 g/mol. The Labute approximate surface area is 105 Å². The third-order valence-electron chi connectivity index (χ3n) is 3.00. The highest BCUT2D eigenvalue weighted by molar-refractivity contribution is 6.30. The maximum atomic E-state index is 10.4. The zero-order chi connectivity index (χ0) is 12.3. The van der Waals surface area contributed by atoms with Crippen molar-refractivity contribution >= 4 is 17.8 Å². The van der Waals surface area contributed by atoms with Gasteiger partial charge in [-0.1, -0.05) is 23.7 Å². The van der Waals surface area contributed by atoms with E-state index >= 15 is 0 Å². The van der Waals surface area contributed by atoms with Gasteiger partial charge in [-0.3, -0.25) is 0 Å². The Morgan fingerprint density at radius 3 is 2.41 bits per heavy atom. The number of benzene rings is 1. The van der Waals surface area contributed by atoms with Gasteiger partial charge in [0.05, 0.1) is 0 Å². The van der Waals surface area contributed by atoms with Crippen molar-refractivity contribution in [3.63, 3.8) is 0 Å². The first kappa shape index (κ1) is 12.2. The summed E-state index contributed by atoms with van der Waals surface area (Å²) in [7, 11) is 0. The van der Waals surface area contributed by atoms with Gasteiger partial charge >= 0.3 is 6.16 Å². The van der Waals surface area contributed by atoms with Gasteiger partial charge in [0.25, 0.3) is 0 Å². The number of hydroxylamine groups is 2. The molecular weight excluding hydrogens is 242 g/mol. The minimum absolute atomic E-state index is 0.459. The Morgan fingerprint density at radius 1 is 1.29 bits per heavy atom. The number of nitrogens with zero attached hydrogens (tertiary/aromatic N) is 1. The Morgan fingerprint density at radius 2 is 1.88 bits per heavy atom. The average Bonchev–Trinajstić information content (AvgIpc) is 2.30. The molecule has 1 aromatic carbocycles. The smallest absolute Gasteiger partial charge is 0.448 e. The van der Waals surface area contributed by atoms with E-state index < -0.39 is 6.16 Å². The van der Waals surface area contributed by atoms with E-state index in [0.717, 1.165) is 17.9 Å². The Kier molecular flexibility index (Phi) is 3.86. The summed E-state index contributed by atoms with van der Waals surface area (Å²) in [5.41, 5.74) is 1.25. The Bertz CT molecular complexity index is 385. The normalized spacial score (nSPS) is 17.9. The van der Waals surface area contributed by atoms with Crippen LogP contribution in [0.2, 0.25) is 5.02 Å². The zero-order valence-electron chi connectivity index (χ0n) is 9.30. The second-order valence-electron chi connectivity index (χ2n) is 4.11. The van der Waals surface area contributed by atoms with Gasteiger partial charge in [-0.15, -0.1) is 5.06 Å². The standard InChI is InChI=1S/C12H14ClNO3/c13-11-3-1-9(2-4-11)10-5-7-14(8-6-10)17-12(15)16/h1-4,10H,5-8H2,(H,15,16). The van der Waals surface area contributed by atoms with Gasteiger partial charge in [-0.2, -0.15) is 0 Å². The molecule has 0 atom stereocenters. The van der Waals surface area contributed by atoms with E-state index in [9.17, 15) is 4.79 Å². The Balaban J connectivity index is 1.90. The van der Waals surface area contributed by atoms with Gasteiger partial charge in [0.2, 0.25) is 0 Å². The number of carbonyl (C=O) groups is 1. The van der Waals surface area contributed by atoms with Gasteiger partial charge in [0.1, 0.15) is 0 Å². The fraction of sp³-hybridized carbons (Fsp3) is 0.417. The SMILES string of the molecule is O=C(O)ON1CCC(c2ccc(Cl)cc2)CC1. The molecule has 0 unspecified atom stereocenters. The molecule has 1 aliphatic rings. The molecule has 0 amide bonds. The van der Waals surface area contributed by atoms with Crippen LogP contribution < -0.4 is 0 Å². The van der Waals surface area contributed by atoms with E-state index in [1.807, 2.05) is 24.3 Å². The molecule has 92 valence electrons. The monoisotopic (exact) mass is 255 g/mol. The highest BCUT2D eigenvalue weighted by Gasteiger charge is 2.22. The third-order valence-corrected chi connectivity index (χ3v) is 3.25. The van der Waals surface area contributed by atoms with Crippen LogP contribution in [0.4, 0.5) is 4.79 Å². The number of hydrogen-bond acceptors (Lipinski definition) is 3. The van der Waals surface area contributed by atoms with Gasteiger partial charge in [0.15, 0.2) is 0 Å². The van der Waals surface area contributed by atoms with Crippen molar-refractivity contribution in [1.29, 1.82) is 0 Å². The summed E-state index contributed by atoms with van der Waals surface area (Å²) < 4.78 is 0. The van der Waals surface area contributed by atoms with Crippen LogP contribution in [0, 0.1) is 0 Å². The topological polar surface area (TPSA) is 49.8 Å². The van der Waals surface area contributed by atoms with Crippen LogP contribution in [-0.4, -0.2) is 29.4 Å². The summed E-state index contributed by atoms with van der Waals surface area (Å²) in [6.45, 7) is 1.28. The van der Waals surface area contributed by atoms with Gasteiger partial charge in [0, 0.05) is 18.1 Å². The fourth-order valence-electron chi connectivity index (χ4n) is 2.13. The first-order valence-electron chi connectivity index (χ1n) is 5.56. The molecule has 0 aliphatic carbocycles. The summed E-state index contributed by atoms with van der Waals surface area (Å²) in [4.78, 5) is 15.0. The van der Waals surface area contributed by atoms with Gasteiger partial charge < -0.3 is 9.94 Å². The quantitative estimate of drug-likeness (QED) is 0.882. The highest BCUT2D eigenvalue weighted by atomic mass is 35.5. The molecule has 17 heavy (non-hydrogen) atoms. The zero-order valence-corrected chi connectivity index (χ0v) is 10.1. The van der Waals surface area contributed by atoms with Crippen LogP contribution in [0.5, 0.6) is 0 Å². The predicted octanol–water partition coefficient (Wildman–Crippen LogP) is 3.13. The van der Waals surface area contributed by atoms with Crippen molar-refractivity contribution in [1.82, 2.24) is 5.06 Å². The molecule has 0 bridgehead atoms. The molecule has 0 aromatic heterocycles. The summed E-state index contributed by atoms with van der Waals surface area (Å²) in [5, 5.41) is 10.7. The molecular formula is C12H14ClNO3. The van der Waals surface area contributed by atoms with E-state index in [1.54, 1.807) is 0 Å². The minimum Gasteiger partial charge on any atom is -0.448 e. The lowest BCUT2D eigenvalue weighted by atomic mass is 9.90. The molecule has 1 aromatic rings. The molecule has 2 rings (SSSR count). The minimum atomic E-state index is -1.24. The fourth-order valence-corrected chi connectivity index (χ4v) is 2.25. The van der Waals surface area contributed by atoms with Crippen molar-refractivity contribution in [3.8, 4) is 0 Å². The molecule has 5 heteroatoms. The molecule has 1 aliphatic heterocycles. The van der Waals surface area contributed by atoms with Crippen LogP contribution in [-0.2, 0) is 4.84 Å². The van der Waals surface area contributed by atoms with E-state index in [4.69, 9.17) is 16.7 Å². The summed E-state index contributed by atoms with van der Waals surface area (Å²) in [5.74, 6) is 0.459. The first-order chi connectivity index (χ1) is 8.15. The number of piperidine rings is 1. The number of halogens is 1. The third kappa shape index (κ3) is 3.35. The van der Waals surface area contributed by atoms with E-state index in [-0.39, 0.29) is 0 Å². The maximum Gasteiger partial charge on any atom is 0.525 e. The molecule has 1 fully saturated rings. The molecule has 4 nitrogen and oxygen atoms in total. The largest absolute Gasteiger partial charge is 0.525 e. The molecule has 0 saturated carbocycles. The van der Waals surface area contributed by atoms with Crippen molar-refractivity contribution < 1.29 is 14.7 Å². The molecule has 1 N–H and O–H groups in total. The second kappa shape index (κ2) is 5.38. The van der Waals surface area contributed by atoms with Gasteiger partial charge in [-0.05, 0) is 36.5 Å². The van der Waals surface area contributed by atoms with Crippen LogP contribution in [0.3, 0.4) is 0 Å². The van der Waals surface area contributed by atoms with Crippen molar-refractivity contribution in [2.24, 2.45) is 0 Å². The summed E-state index contributed by atoms with van der Waals surface area (Å²) in [6, 6.07) is 7.83. The van der Waals surface area contributed by atoms with E-state index in [2.05, 4.69) is 4.84 Å². The predicted molar refractivity (Wildman–Crippen MR) is 64.1 cm³/mol. The number of hydrogen-bond donors (Lipinski definition) is 1. The lowest BCUT2D eigenvalue weighted by Gasteiger charge is -2.29. The van der Waals surface area contributed by atoms with E-state index in [0.29, 0.717) is 19.0 Å². The first-order valence-corrected chi connectivity index (χ1v) is 5.94. The van der Waals surface area contributed by atoms with Crippen molar-refractivity contribution in [2.45, 2.75) is 18.8 Å². The van der Waals surface area contributed by atoms with Crippen LogP contribution in [0.15, 0.2) is 24.3 Å². The summed E-state index contributed by atoms with van der Waals surface area (Å²) >= 11 is 5.84. The lowest BCUT2D eigenvalue weighted by Crippen LogP contribution is -2.34. The van der Waals surface area contributed by atoms with E-state index in [1.165, 1.54) is 10.6 Å². The van der Waals surface area contributed by atoms with Crippen molar-refractivity contribution in [2.75, 3.05) is 13.1 Å². The lowest BCUT2D eigenvalue weighted by molar-refractivity contribution is -0.131. The van der Waals surface area contributed by atoms with Gasteiger partial charge in [-0.25, -0.2) is 4.79 Å².